The summed E-state index contributed by atoms with van der Waals surface area (Å²) in [5.74, 6) is 0.601. The minimum atomic E-state index is -0.193. The van der Waals surface area contributed by atoms with Gasteiger partial charge in [0, 0.05) is 0 Å². The molecule has 0 saturated heterocycles. The van der Waals surface area contributed by atoms with Crippen molar-refractivity contribution in [2.24, 2.45) is 0 Å². The number of methoxy groups -OCH3 is 2. The lowest BCUT2D eigenvalue weighted by molar-refractivity contribution is -0.140. The van der Waals surface area contributed by atoms with Gasteiger partial charge in [0.1, 0.15) is 11.0 Å². The molecule has 0 amide bonds. The molecule has 94 valence electrons. The van der Waals surface area contributed by atoms with Gasteiger partial charge in [0.15, 0.2) is 0 Å². The fourth-order valence-electron chi connectivity index (χ4n) is 1.46. The Balaban J connectivity index is 2.92. The Morgan fingerprint density at radius 3 is 2.65 bits per heavy atom. The minimum absolute atomic E-state index is 0.185. The Labute approximate surface area is 106 Å². The highest BCUT2D eigenvalue weighted by Gasteiger charge is 2.20. The van der Waals surface area contributed by atoms with Gasteiger partial charge in [-0.25, -0.2) is 0 Å². The van der Waals surface area contributed by atoms with Crippen LogP contribution in [0.25, 0.3) is 0 Å². The molecule has 1 aromatic carbocycles. The predicted octanol–water partition coefficient (Wildman–Crippen LogP) is 3.05. The van der Waals surface area contributed by atoms with E-state index in [1.54, 1.807) is 7.11 Å². The van der Waals surface area contributed by atoms with Crippen molar-refractivity contribution in [2.45, 2.75) is 30.4 Å². The summed E-state index contributed by atoms with van der Waals surface area (Å²) in [5.41, 5.74) is 1.15. The molecule has 0 heterocycles. The normalized spacial score (nSPS) is 12.0. The maximum Gasteiger partial charge on any atom is 0.319 e. The van der Waals surface area contributed by atoms with Crippen molar-refractivity contribution in [3.05, 3.63) is 23.8 Å². The molecule has 0 spiro atoms. The Kier molecular flexibility index (Phi) is 5.35. The minimum Gasteiger partial charge on any atom is -0.496 e. The van der Waals surface area contributed by atoms with E-state index in [2.05, 4.69) is 0 Å². The molecule has 0 radical (unpaired) electrons. The summed E-state index contributed by atoms with van der Waals surface area (Å²) < 4.78 is 10.1. The zero-order chi connectivity index (χ0) is 12.8. The first-order valence-corrected chi connectivity index (χ1v) is 6.39. The van der Waals surface area contributed by atoms with Crippen LogP contribution in [0.1, 0.15) is 18.9 Å². The van der Waals surface area contributed by atoms with Gasteiger partial charge in [-0.1, -0.05) is 13.0 Å². The van der Waals surface area contributed by atoms with E-state index < -0.39 is 0 Å². The van der Waals surface area contributed by atoms with Crippen molar-refractivity contribution in [1.82, 2.24) is 0 Å². The van der Waals surface area contributed by atoms with Crippen LogP contribution < -0.4 is 4.74 Å². The molecule has 1 unspecified atom stereocenters. The Hall–Kier alpha value is -1.16. The average molecular weight is 254 g/mol. The third kappa shape index (κ3) is 3.66. The van der Waals surface area contributed by atoms with Gasteiger partial charge in [0.2, 0.25) is 0 Å². The molecule has 1 rings (SSSR count). The molecule has 0 bridgehead atoms. The zero-order valence-corrected chi connectivity index (χ0v) is 11.5. The molecule has 0 N–H and O–H groups in total. The second-order valence-corrected chi connectivity index (χ2v) is 4.94. The number of hydrogen-bond acceptors (Lipinski definition) is 4. The number of thioether (sulfide) groups is 1. The van der Waals surface area contributed by atoms with E-state index >= 15 is 0 Å². The molecule has 0 fully saturated rings. The molecule has 0 aliphatic heterocycles. The summed E-state index contributed by atoms with van der Waals surface area (Å²) in [4.78, 5) is 12.5. The molecule has 3 nitrogen and oxygen atoms in total. The molecule has 0 aliphatic rings. The maximum atomic E-state index is 11.5. The summed E-state index contributed by atoms with van der Waals surface area (Å²) in [6.45, 7) is 3.99. The van der Waals surface area contributed by atoms with Gasteiger partial charge < -0.3 is 9.47 Å². The van der Waals surface area contributed by atoms with Gasteiger partial charge in [0.25, 0.3) is 0 Å². The topological polar surface area (TPSA) is 35.5 Å². The first-order chi connectivity index (χ1) is 8.12. The standard InChI is InChI=1S/C13H18O3S/c1-5-11(13(14)16-4)17-12-8-9(2)6-7-10(12)15-3/h6-8,11H,5H2,1-4H3. The molecule has 0 aromatic heterocycles. The van der Waals surface area contributed by atoms with E-state index in [9.17, 15) is 4.79 Å². The number of carbonyl (C=O) groups is 1. The predicted molar refractivity (Wildman–Crippen MR) is 69.7 cm³/mol. The largest absolute Gasteiger partial charge is 0.496 e. The van der Waals surface area contributed by atoms with Crippen molar-refractivity contribution >= 4 is 17.7 Å². The van der Waals surface area contributed by atoms with Crippen LogP contribution in [0.4, 0.5) is 0 Å². The highest BCUT2D eigenvalue weighted by molar-refractivity contribution is 8.00. The summed E-state index contributed by atoms with van der Waals surface area (Å²) in [6.07, 6.45) is 0.731. The zero-order valence-electron chi connectivity index (χ0n) is 10.6. The number of benzene rings is 1. The van der Waals surface area contributed by atoms with Crippen LogP contribution >= 0.6 is 11.8 Å². The second kappa shape index (κ2) is 6.55. The second-order valence-electron chi connectivity index (χ2n) is 3.69. The van der Waals surface area contributed by atoms with Gasteiger partial charge in [-0.15, -0.1) is 11.8 Å². The Morgan fingerprint density at radius 2 is 2.12 bits per heavy atom. The molecule has 1 aromatic rings. The van der Waals surface area contributed by atoms with Crippen LogP contribution in [0.3, 0.4) is 0 Å². The van der Waals surface area contributed by atoms with Crippen molar-refractivity contribution < 1.29 is 14.3 Å². The van der Waals surface area contributed by atoms with Gasteiger partial charge in [-0.3, -0.25) is 4.79 Å². The number of hydrogen-bond donors (Lipinski definition) is 0. The van der Waals surface area contributed by atoms with Crippen molar-refractivity contribution in [3.8, 4) is 5.75 Å². The summed E-state index contributed by atoms with van der Waals surface area (Å²) >= 11 is 1.49. The van der Waals surface area contributed by atoms with Crippen LogP contribution in [0, 0.1) is 6.92 Å². The Morgan fingerprint density at radius 1 is 1.41 bits per heavy atom. The van der Waals surface area contributed by atoms with Crippen LogP contribution in [-0.4, -0.2) is 25.4 Å². The fourth-order valence-corrected chi connectivity index (χ4v) is 2.65. The first-order valence-electron chi connectivity index (χ1n) is 5.51. The summed E-state index contributed by atoms with van der Waals surface area (Å²) in [7, 11) is 3.05. The summed E-state index contributed by atoms with van der Waals surface area (Å²) in [6, 6.07) is 5.93. The Bertz CT molecular complexity index is 390. The molecule has 0 saturated carbocycles. The average Bonchev–Trinajstić information content (AvgIpc) is 2.35. The van der Waals surface area contributed by atoms with Crippen LogP contribution in [0.5, 0.6) is 5.75 Å². The number of aryl methyl sites for hydroxylation is 1. The quantitative estimate of drug-likeness (QED) is 0.597. The van der Waals surface area contributed by atoms with Crippen LogP contribution in [0.2, 0.25) is 0 Å². The molecular formula is C13H18O3S. The van der Waals surface area contributed by atoms with Gasteiger partial charge in [-0.2, -0.15) is 0 Å². The van der Waals surface area contributed by atoms with Crippen LogP contribution in [0.15, 0.2) is 23.1 Å². The molecule has 1 atom stereocenters. The van der Waals surface area contributed by atoms with Crippen LogP contribution in [-0.2, 0) is 9.53 Å². The number of rotatable bonds is 5. The van der Waals surface area contributed by atoms with Crippen molar-refractivity contribution in [2.75, 3.05) is 14.2 Å². The lowest BCUT2D eigenvalue weighted by Crippen LogP contribution is -2.17. The van der Waals surface area contributed by atoms with Gasteiger partial charge >= 0.3 is 5.97 Å². The monoisotopic (exact) mass is 254 g/mol. The van der Waals surface area contributed by atoms with Gasteiger partial charge in [-0.05, 0) is 31.0 Å². The third-order valence-electron chi connectivity index (χ3n) is 2.42. The third-order valence-corrected chi connectivity index (χ3v) is 3.81. The van der Waals surface area contributed by atoms with E-state index in [1.807, 2.05) is 32.0 Å². The van der Waals surface area contributed by atoms with E-state index in [0.717, 1.165) is 22.6 Å². The lowest BCUT2D eigenvalue weighted by Gasteiger charge is -2.14. The first kappa shape index (κ1) is 13.9. The lowest BCUT2D eigenvalue weighted by atomic mass is 10.2. The number of ether oxygens (including phenoxy) is 2. The van der Waals surface area contributed by atoms with Gasteiger partial charge in [0.05, 0.1) is 19.1 Å². The van der Waals surface area contributed by atoms with E-state index in [1.165, 1.54) is 18.9 Å². The molecular weight excluding hydrogens is 236 g/mol. The molecule has 17 heavy (non-hydrogen) atoms. The smallest absolute Gasteiger partial charge is 0.319 e. The maximum absolute atomic E-state index is 11.5. The highest BCUT2D eigenvalue weighted by Crippen LogP contribution is 2.34. The van der Waals surface area contributed by atoms with Crippen molar-refractivity contribution in [3.63, 3.8) is 0 Å². The van der Waals surface area contributed by atoms with E-state index in [-0.39, 0.29) is 11.2 Å². The number of esters is 1. The molecule has 4 heteroatoms. The van der Waals surface area contributed by atoms with E-state index in [4.69, 9.17) is 9.47 Å². The number of carbonyl (C=O) groups excluding carboxylic acids is 1. The van der Waals surface area contributed by atoms with E-state index in [0.29, 0.717) is 0 Å². The highest BCUT2D eigenvalue weighted by atomic mass is 32.2. The van der Waals surface area contributed by atoms with Crippen molar-refractivity contribution in [1.29, 1.82) is 0 Å². The molecule has 0 aliphatic carbocycles. The summed E-state index contributed by atoms with van der Waals surface area (Å²) in [5, 5.41) is -0.185. The fraction of sp³-hybridized carbons (Fsp3) is 0.462. The SMILES string of the molecule is CCC(Sc1cc(C)ccc1OC)C(=O)OC.